The van der Waals surface area contributed by atoms with Crippen LogP contribution in [-0.4, -0.2) is 35.5 Å². The maximum Gasteiger partial charge on any atom is 0.291 e. The molecule has 0 unspecified atom stereocenters. The molecule has 1 aliphatic rings. The summed E-state index contributed by atoms with van der Waals surface area (Å²) in [4.78, 5) is 18.4. The van der Waals surface area contributed by atoms with E-state index in [4.69, 9.17) is 9.15 Å². The molecule has 22 heavy (non-hydrogen) atoms. The van der Waals surface area contributed by atoms with Gasteiger partial charge in [-0.2, -0.15) is 0 Å². The van der Waals surface area contributed by atoms with Gasteiger partial charge in [-0.25, -0.2) is 4.98 Å². The van der Waals surface area contributed by atoms with Crippen molar-refractivity contribution in [2.45, 2.75) is 32.8 Å². The molecule has 2 heterocycles. The van der Waals surface area contributed by atoms with Crippen molar-refractivity contribution in [3.63, 3.8) is 0 Å². The Morgan fingerprint density at radius 1 is 1.41 bits per heavy atom. The van der Waals surface area contributed by atoms with Gasteiger partial charge in [0.15, 0.2) is 5.89 Å². The zero-order chi connectivity index (χ0) is 15.7. The summed E-state index contributed by atoms with van der Waals surface area (Å²) in [5, 5.41) is 0. The first-order chi connectivity index (χ1) is 10.6. The molecule has 0 bridgehead atoms. The summed E-state index contributed by atoms with van der Waals surface area (Å²) in [7, 11) is 1.77. The molecule has 0 fully saturated rings. The fourth-order valence-corrected chi connectivity index (χ4v) is 2.72. The van der Waals surface area contributed by atoms with E-state index < -0.39 is 0 Å². The van der Waals surface area contributed by atoms with Crippen LogP contribution in [0.3, 0.4) is 0 Å². The molecule has 1 atom stereocenters. The number of para-hydroxylation sites is 1. The molecule has 0 saturated heterocycles. The number of likely N-dealkylation sites (N-methyl/N-ethyl adjacent to an activating group) is 1. The molecule has 1 aromatic carbocycles. The predicted octanol–water partition coefficient (Wildman–Crippen LogP) is 2.62. The molecule has 3 rings (SSSR count). The first kappa shape index (κ1) is 14.6. The fourth-order valence-electron chi connectivity index (χ4n) is 2.72. The van der Waals surface area contributed by atoms with Gasteiger partial charge in [0.25, 0.3) is 5.91 Å². The Hall–Kier alpha value is -2.30. The highest BCUT2D eigenvalue weighted by atomic mass is 16.5. The third-order valence-electron chi connectivity index (χ3n) is 3.88. The molecule has 1 amide bonds. The average molecular weight is 300 g/mol. The minimum absolute atomic E-state index is 0.0137. The summed E-state index contributed by atoms with van der Waals surface area (Å²) in [6.07, 6.45) is 1.49. The average Bonchev–Trinajstić information content (AvgIpc) is 3.08. The minimum atomic E-state index is -0.149. The van der Waals surface area contributed by atoms with Gasteiger partial charge >= 0.3 is 0 Å². The maximum absolute atomic E-state index is 12.5. The minimum Gasteiger partial charge on any atom is -0.488 e. The number of aromatic nitrogens is 1. The van der Waals surface area contributed by atoms with E-state index in [1.54, 1.807) is 18.9 Å². The van der Waals surface area contributed by atoms with Crippen LogP contribution in [0.5, 0.6) is 5.75 Å². The molecule has 5 heteroatoms. The zero-order valence-corrected chi connectivity index (χ0v) is 13.1. The van der Waals surface area contributed by atoms with Crippen molar-refractivity contribution in [3.8, 4) is 5.75 Å². The van der Waals surface area contributed by atoms with Crippen molar-refractivity contribution in [1.82, 2.24) is 9.88 Å². The number of rotatable bonds is 4. The SMILES string of the molecule is CCc1nc(C)c(C(=O)N(C)C[C@@H]2Cc3ccccc3O2)o1. The first-order valence-electron chi connectivity index (χ1n) is 7.54. The number of nitrogens with zero attached hydrogens (tertiary/aromatic N) is 2. The molecule has 0 saturated carbocycles. The Morgan fingerprint density at radius 2 is 2.18 bits per heavy atom. The molecule has 0 aliphatic carbocycles. The van der Waals surface area contributed by atoms with Crippen LogP contribution in [0, 0.1) is 6.92 Å². The van der Waals surface area contributed by atoms with Gasteiger partial charge in [-0.1, -0.05) is 25.1 Å². The number of hydrogen-bond donors (Lipinski definition) is 0. The summed E-state index contributed by atoms with van der Waals surface area (Å²) in [5.41, 5.74) is 1.83. The smallest absolute Gasteiger partial charge is 0.291 e. The second-order valence-corrected chi connectivity index (χ2v) is 5.61. The lowest BCUT2D eigenvalue weighted by atomic mass is 10.1. The summed E-state index contributed by atoms with van der Waals surface area (Å²) >= 11 is 0. The van der Waals surface area contributed by atoms with Crippen LogP contribution in [0.15, 0.2) is 28.7 Å². The van der Waals surface area contributed by atoms with Crippen molar-refractivity contribution >= 4 is 5.91 Å². The van der Waals surface area contributed by atoms with Crippen LogP contribution in [0.4, 0.5) is 0 Å². The fraction of sp³-hybridized carbons (Fsp3) is 0.412. The van der Waals surface area contributed by atoms with Gasteiger partial charge in [-0.3, -0.25) is 4.79 Å². The van der Waals surface area contributed by atoms with Crippen LogP contribution >= 0.6 is 0 Å². The van der Waals surface area contributed by atoms with Gasteiger partial charge in [0.2, 0.25) is 5.76 Å². The maximum atomic E-state index is 12.5. The van der Waals surface area contributed by atoms with Gasteiger partial charge in [0, 0.05) is 19.9 Å². The summed E-state index contributed by atoms with van der Waals surface area (Å²) < 4.78 is 11.4. The normalized spacial score (nSPS) is 16.2. The predicted molar refractivity (Wildman–Crippen MR) is 82.1 cm³/mol. The monoisotopic (exact) mass is 300 g/mol. The lowest BCUT2D eigenvalue weighted by Gasteiger charge is -2.20. The lowest BCUT2D eigenvalue weighted by molar-refractivity contribution is 0.0697. The van der Waals surface area contributed by atoms with Crippen LogP contribution in [0.25, 0.3) is 0 Å². The van der Waals surface area contributed by atoms with Gasteiger partial charge in [0.05, 0.1) is 12.2 Å². The standard InChI is InChI=1S/C17H20N2O3/c1-4-15-18-11(2)16(22-15)17(20)19(3)10-13-9-12-7-5-6-8-14(12)21-13/h5-8,13H,4,9-10H2,1-3H3/t13-/m0/s1. The molecule has 116 valence electrons. The van der Waals surface area contributed by atoms with E-state index >= 15 is 0 Å². The number of carbonyl (C=O) groups excluding carboxylic acids is 1. The molecule has 0 N–H and O–H groups in total. The Morgan fingerprint density at radius 3 is 2.86 bits per heavy atom. The molecule has 1 aromatic heterocycles. The van der Waals surface area contributed by atoms with E-state index in [-0.39, 0.29) is 12.0 Å². The number of aryl methyl sites for hydroxylation is 2. The summed E-state index contributed by atoms with van der Waals surface area (Å²) in [6, 6.07) is 7.99. The zero-order valence-electron chi connectivity index (χ0n) is 13.1. The van der Waals surface area contributed by atoms with Crippen molar-refractivity contribution in [3.05, 3.63) is 47.2 Å². The van der Waals surface area contributed by atoms with Gasteiger partial charge < -0.3 is 14.1 Å². The van der Waals surface area contributed by atoms with Crippen molar-refractivity contribution in [2.24, 2.45) is 0 Å². The van der Waals surface area contributed by atoms with Crippen LogP contribution in [0.2, 0.25) is 0 Å². The molecule has 5 nitrogen and oxygen atoms in total. The van der Waals surface area contributed by atoms with Crippen LogP contribution in [-0.2, 0) is 12.8 Å². The van der Waals surface area contributed by atoms with Gasteiger partial charge in [0.1, 0.15) is 11.9 Å². The molecule has 0 radical (unpaired) electrons. The quantitative estimate of drug-likeness (QED) is 0.871. The lowest BCUT2D eigenvalue weighted by Crippen LogP contribution is -2.36. The first-order valence-corrected chi connectivity index (χ1v) is 7.54. The van der Waals surface area contributed by atoms with E-state index in [1.165, 1.54) is 5.56 Å². The molecule has 1 aliphatic heterocycles. The van der Waals surface area contributed by atoms with E-state index in [1.807, 2.05) is 25.1 Å². The highest BCUT2D eigenvalue weighted by molar-refractivity contribution is 5.92. The van der Waals surface area contributed by atoms with Gasteiger partial charge in [-0.05, 0) is 18.6 Å². The third-order valence-corrected chi connectivity index (χ3v) is 3.88. The molecular formula is C17H20N2O3. The Bertz CT molecular complexity index is 668. The number of carbonyl (C=O) groups is 1. The highest BCUT2D eigenvalue weighted by Gasteiger charge is 2.27. The number of amides is 1. The van der Waals surface area contributed by atoms with Crippen molar-refractivity contribution in [2.75, 3.05) is 13.6 Å². The highest BCUT2D eigenvalue weighted by Crippen LogP contribution is 2.28. The van der Waals surface area contributed by atoms with E-state index in [2.05, 4.69) is 11.1 Å². The van der Waals surface area contributed by atoms with E-state index in [0.29, 0.717) is 30.3 Å². The Labute approximate surface area is 129 Å². The van der Waals surface area contributed by atoms with Crippen molar-refractivity contribution in [1.29, 1.82) is 0 Å². The topological polar surface area (TPSA) is 55.6 Å². The Kier molecular flexibility index (Phi) is 3.88. The van der Waals surface area contributed by atoms with Crippen LogP contribution in [0.1, 0.15) is 34.6 Å². The number of benzene rings is 1. The number of ether oxygens (including phenoxy) is 1. The largest absolute Gasteiger partial charge is 0.488 e. The number of fused-ring (bicyclic) bond motifs is 1. The molecule has 0 spiro atoms. The van der Waals surface area contributed by atoms with E-state index in [0.717, 1.165) is 12.2 Å². The van der Waals surface area contributed by atoms with Crippen molar-refractivity contribution < 1.29 is 13.9 Å². The second kappa shape index (κ2) is 5.83. The Balaban J connectivity index is 1.66. The number of hydrogen-bond acceptors (Lipinski definition) is 4. The molecule has 2 aromatic rings. The number of oxazole rings is 1. The molecular weight excluding hydrogens is 280 g/mol. The third kappa shape index (κ3) is 2.71. The van der Waals surface area contributed by atoms with Gasteiger partial charge in [-0.15, -0.1) is 0 Å². The summed E-state index contributed by atoms with van der Waals surface area (Å²) in [5.74, 6) is 1.69. The van der Waals surface area contributed by atoms with Crippen LogP contribution < -0.4 is 4.74 Å². The van der Waals surface area contributed by atoms with E-state index in [9.17, 15) is 4.79 Å². The second-order valence-electron chi connectivity index (χ2n) is 5.61. The summed E-state index contributed by atoms with van der Waals surface area (Å²) in [6.45, 7) is 4.27.